The van der Waals surface area contributed by atoms with Gasteiger partial charge in [-0.1, -0.05) is 12.5 Å². The Morgan fingerprint density at radius 3 is 2.62 bits per heavy atom. The average molecular weight is 471 g/mol. The summed E-state index contributed by atoms with van der Waals surface area (Å²) in [6.45, 7) is 2.04. The van der Waals surface area contributed by atoms with Crippen LogP contribution in [-0.2, 0) is 19.0 Å². The van der Waals surface area contributed by atoms with Gasteiger partial charge in [0, 0.05) is 17.3 Å². The Hall–Kier alpha value is -3.00. The molecule has 0 saturated heterocycles. The van der Waals surface area contributed by atoms with Crippen LogP contribution in [0.15, 0.2) is 54.4 Å². The lowest BCUT2D eigenvalue weighted by molar-refractivity contribution is -0.137. The van der Waals surface area contributed by atoms with Crippen LogP contribution in [-0.4, -0.2) is 25.5 Å². The second kappa shape index (κ2) is 8.05. The summed E-state index contributed by atoms with van der Waals surface area (Å²) in [5.74, 6) is -0.316. The number of aryl methyl sites for hydroxylation is 1. The minimum absolute atomic E-state index is 0.261. The summed E-state index contributed by atoms with van der Waals surface area (Å²) in [6, 6.07) is 8.17. The maximum atomic E-state index is 13.4. The molecule has 2 aromatic heterocycles. The van der Waals surface area contributed by atoms with E-state index in [0.29, 0.717) is 37.8 Å². The van der Waals surface area contributed by atoms with Crippen molar-refractivity contribution in [2.24, 2.45) is 5.41 Å². The van der Waals surface area contributed by atoms with Crippen LogP contribution < -0.4 is 0 Å². The van der Waals surface area contributed by atoms with E-state index in [-0.39, 0.29) is 12.2 Å². The molecule has 4 nitrogen and oxygen atoms in total. The summed E-state index contributed by atoms with van der Waals surface area (Å²) in [5, 5.41) is 16.4. The van der Waals surface area contributed by atoms with E-state index >= 15 is 0 Å². The van der Waals surface area contributed by atoms with E-state index in [0.717, 1.165) is 34.7 Å². The van der Waals surface area contributed by atoms with Crippen LogP contribution in [0.2, 0.25) is 0 Å². The minimum atomic E-state index is -4.42. The molecule has 1 aromatic carbocycles. The number of pyridine rings is 1. The van der Waals surface area contributed by atoms with Crippen LogP contribution in [0.25, 0.3) is 11.8 Å². The fraction of sp³-hybridized carbons (Fsp3) is 0.385. The molecule has 0 bridgehead atoms. The molecule has 2 aliphatic rings. The fourth-order valence-electron chi connectivity index (χ4n) is 5.74. The SMILES string of the molecule is CCC12Cc3cnn(-c4ccc(F)cc4)c3C=C1CCC2(O)CCc1cc(C(F)(F)F)ccn1. The van der Waals surface area contributed by atoms with Gasteiger partial charge in [-0.3, -0.25) is 4.98 Å². The van der Waals surface area contributed by atoms with Crippen LogP contribution in [0, 0.1) is 11.2 Å². The van der Waals surface area contributed by atoms with Gasteiger partial charge < -0.3 is 5.11 Å². The largest absolute Gasteiger partial charge is 0.416 e. The molecule has 178 valence electrons. The highest BCUT2D eigenvalue weighted by atomic mass is 19.4. The third-order valence-corrected chi connectivity index (χ3v) is 7.62. The number of halogens is 4. The molecule has 2 heterocycles. The summed E-state index contributed by atoms with van der Waals surface area (Å²) in [5.41, 5.74) is 1.85. The summed E-state index contributed by atoms with van der Waals surface area (Å²) in [4.78, 5) is 4.11. The van der Waals surface area contributed by atoms with E-state index in [1.54, 1.807) is 23.0 Å². The fourth-order valence-corrected chi connectivity index (χ4v) is 5.74. The molecule has 34 heavy (non-hydrogen) atoms. The molecule has 0 spiro atoms. The maximum absolute atomic E-state index is 13.4. The molecular formula is C26H25F4N3O. The van der Waals surface area contributed by atoms with Gasteiger partial charge in [-0.15, -0.1) is 0 Å². The van der Waals surface area contributed by atoms with Gasteiger partial charge in [0.1, 0.15) is 5.82 Å². The lowest BCUT2D eigenvalue weighted by atomic mass is 9.63. The number of benzene rings is 1. The van der Waals surface area contributed by atoms with Crippen molar-refractivity contribution in [2.45, 2.75) is 57.2 Å². The highest BCUT2D eigenvalue weighted by Crippen LogP contribution is 2.58. The van der Waals surface area contributed by atoms with E-state index in [1.165, 1.54) is 18.3 Å². The number of alkyl halides is 3. The van der Waals surface area contributed by atoms with Gasteiger partial charge in [0.05, 0.1) is 28.7 Å². The zero-order chi connectivity index (χ0) is 24.1. The molecule has 8 heteroatoms. The second-order valence-electron chi connectivity index (χ2n) is 9.29. The molecule has 2 atom stereocenters. The van der Waals surface area contributed by atoms with Crippen molar-refractivity contribution in [3.05, 3.63) is 82.7 Å². The van der Waals surface area contributed by atoms with E-state index in [2.05, 4.69) is 16.2 Å². The smallest absolute Gasteiger partial charge is 0.389 e. The van der Waals surface area contributed by atoms with Crippen molar-refractivity contribution in [3.63, 3.8) is 0 Å². The number of nitrogens with zero attached hydrogens (tertiary/aromatic N) is 3. The Bertz CT molecular complexity index is 1250. The number of hydrogen-bond donors (Lipinski definition) is 1. The summed E-state index contributed by atoms with van der Waals surface area (Å²) < 4.78 is 54.4. The molecule has 0 aliphatic heterocycles. The van der Waals surface area contributed by atoms with Crippen molar-refractivity contribution in [1.82, 2.24) is 14.8 Å². The monoisotopic (exact) mass is 471 g/mol. The highest BCUT2D eigenvalue weighted by molar-refractivity contribution is 5.63. The first kappa shape index (κ1) is 22.8. The van der Waals surface area contributed by atoms with Gasteiger partial charge in [0.2, 0.25) is 0 Å². The minimum Gasteiger partial charge on any atom is -0.389 e. The first-order chi connectivity index (χ1) is 16.1. The first-order valence-electron chi connectivity index (χ1n) is 11.4. The van der Waals surface area contributed by atoms with E-state index in [1.807, 2.05) is 6.92 Å². The highest BCUT2D eigenvalue weighted by Gasteiger charge is 2.56. The van der Waals surface area contributed by atoms with Gasteiger partial charge in [-0.2, -0.15) is 18.3 Å². The Morgan fingerprint density at radius 1 is 1.15 bits per heavy atom. The molecule has 1 N–H and O–H groups in total. The molecule has 2 unspecified atom stereocenters. The number of hydrogen-bond acceptors (Lipinski definition) is 3. The van der Waals surface area contributed by atoms with Gasteiger partial charge in [0.15, 0.2) is 0 Å². The molecule has 3 aromatic rings. The van der Waals surface area contributed by atoms with Crippen LogP contribution in [0.3, 0.4) is 0 Å². The molecule has 5 rings (SSSR count). The van der Waals surface area contributed by atoms with Gasteiger partial charge in [0.25, 0.3) is 0 Å². The van der Waals surface area contributed by atoms with Crippen molar-refractivity contribution in [1.29, 1.82) is 0 Å². The summed E-state index contributed by atoms with van der Waals surface area (Å²) >= 11 is 0. The molecular weight excluding hydrogens is 446 g/mol. The normalized spacial score (nSPS) is 24.0. The molecule has 1 saturated carbocycles. The van der Waals surface area contributed by atoms with Crippen LogP contribution in [0.4, 0.5) is 17.6 Å². The van der Waals surface area contributed by atoms with E-state index in [9.17, 15) is 22.7 Å². The zero-order valence-electron chi connectivity index (χ0n) is 18.7. The predicted octanol–water partition coefficient (Wildman–Crippen LogP) is 5.92. The van der Waals surface area contributed by atoms with Gasteiger partial charge in [-0.25, -0.2) is 9.07 Å². The Labute approximate surface area is 195 Å². The summed E-state index contributed by atoms with van der Waals surface area (Å²) in [7, 11) is 0. The third kappa shape index (κ3) is 3.64. The van der Waals surface area contributed by atoms with Crippen molar-refractivity contribution < 1.29 is 22.7 Å². The van der Waals surface area contributed by atoms with E-state index in [4.69, 9.17) is 0 Å². The molecule has 2 aliphatic carbocycles. The second-order valence-corrected chi connectivity index (χ2v) is 9.29. The average Bonchev–Trinajstić information content (AvgIpc) is 3.35. The zero-order valence-corrected chi connectivity index (χ0v) is 18.7. The quantitative estimate of drug-likeness (QED) is 0.470. The predicted molar refractivity (Wildman–Crippen MR) is 120 cm³/mol. The maximum Gasteiger partial charge on any atom is 0.416 e. The third-order valence-electron chi connectivity index (χ3n) is 7.62. The number of aromatic nitrogens is 3. The van der Waals surface area contributed by atoms with Crippen molar-refractivity contribution in [3.8, 4) is 5.69 Å². The number of fused-ring (bicyclic) bond motifs is 2. The topological polar surface area (TPSA) is 50.9 Å². The van der Waals surface area contributed by atoms with Gasteiger partial charge in [-0.05, 0) is 86.6 Å². The number of aliphatic hydroxyl groups is 1. The Morgan fingerprint density at radius 2 is 1.91 bits per heavy atom. The first-order valence-corrected chi connectivity index (χ1v) is 11.4. The van der Waals surface area contributed by atoms with E-state index < -0.39 is 22.8 Å². The Kier molecular flexibility index (Phi) is 5.39. The van der Waals surface area contributed by atoms with Crippen LogP contribution in [0.5, 0.6) is 0 Å². The lowest BCUT2D eigenvalue weighted by Gasteiger charge is -2.45. The summed E-state index contributed by atoms with van der Waals surface area (Å²) in [6.07, 6.45) is 3.75. The molecule has 1 fully saturated rings. The van der Waals surface area contributed by atoms with Crippen LogP contribution in [0.1, 0.15) is 55.1 Å². The van der Waals surface area contributed by atoms with Crippen LogP contribution >= 0.6 is 0 Å². The Balaban J connectivity index is 1.43. The number of rotatable bonds is 5. The van der Waals surface area contributed by atoms with Crippen molar-refractivity contribution >= 4 is 6.08 Å². The molecule has 0 amide bonds. The standard InChI is InChI=1S/C26H25F4N3O/c1-2-24-15-17-16-32-33(22-5-3-20(27)4-6-22)23(17)14-18(24)7-10-25(24,34)11-8-21-13-19(9-12-31-21)26(28,29)30/h3-6,9,12-14,16,34H,2,7-8,10-11,15H2,1H3. The van der Waals surface area contributed by atoms with Gasteiger partial charge >= 0.3 is 6.18 Å². The molecule has 0 radical (unpaired) electrons. The van der Waals surface area contributed by atoms with Crippen molar-refractivity contribution in [2.75, 3.05) is 0 Å². The lowest BCUT2D eigenvalue weighted by Crippen LogP contribution is -2.47.